The fourth-order valence-electron chi connectivity index (χ4n) is 2.53. The fourth-order valence-corrected chi connectivity index (χ4v) is 2.53. The molecule has 122 valence electrons. The zero-order valence-electron chi connectivity index (χ0n) is 13.1. The van der Waals surface area contributed by atoms with Gasteiger partial charge in [-0.3, -0.25) is 10.1 Å². The molecule has 2 aromatic heterocycles. The maximum atomic E-state index is 12.5. The molecule has 25 heavy (non-hydrogen) atoms. The SMILES string of the molecule is O=C(Nc1ncc(-c2ccccc2)[nH]1)c1conc1-c1ccccc1. The molecule has 0 saturated heterocycles. The number of hydrogen-bond donors (Lipinski definition) is 2. The van der Waals surface area contributed by atoms with E-state index in [0.717, 1.165) is 16.8 Å². The molecule has 2 heterocycles. The Morgan fingerprint density at radius 3 is 2.36 bits per heavy atom. The lowest BCUT2D eigenvalue weighted by Crippen LogP contribution is -2.13. The molecule has 0 spiro atoms. The number of aromatic amines is 1. The van der Waals surface area contributed by atoms with Gasteiger partial charge < -0.3 is 9.51 Å². The van der Waals surface area contributed by atoms with Crippen LogP contribution in [0.15, 0.2) is 77.6 Å². The van der Waals surface area contributed by atoms with Crippen molar-refractivity contribution in [3.05, 3.63) is 78.7 Å². The highest BCUT2D eigenvalue weighted by Crippen LogP contribution is 2.23. The molecule has 6 nitrogen and oxygen atoms in total. The van der Waals surface area contributed by atoms with Gasteiger partial charge in [-0.25, -0.2) is 4.98 Å². The van der Waals surface area contributed by atoms with Crippen LogP contribution in [0.2, 0.25) is 0 Å². The Balaban J connectivity index is 1.56. The fraction of sp³-hybridized carbons (Fsp3) is 0. The molecule has 4 aromatic rings. The van der Waals surface area contributed by atoms with E-state index in [-0.39, 0.29) is 5.91 Å². The van der Waals surface area contributed by atoms with Gasteiger partial charge in [0.1, 0.15) is 17.5 Å². The standard InChI is InChI=1S/C19H14N4O2/c24-18(15-12-25-23-17(15)14-9-5-2-6-10-14)22-19-20-11-16(21-19)13-7-3-1-4-8-13/h1-12H,(H2,20,21,22,24). The van der Waals surface area contributed by atoms with Crippen molar-refractivity contribution in [2.75, 3.05) is 5.32 Å². The topological polar surface area (TPSA) is 83.8 Å². The maximum absolute atomic E-state index is 12.5. The summed E-state index contributed by atoms with van der Waals surface area (Å²) < 4.78 is 4.99. The largest absolute Gasteiger partial charge is 0.363 e. The summed E-state index contributed by atoms with van der Waals surface area (Å²) >= 11 is 0. The van der Waals surface area contributed by atoms with Gasteiger partial charge in [-0.1, -0.05) is 65.8 Å². The molecule has 0 unspecified atom stereocenters. The van der Waals surface area contributed by atoms with Crippen molar-refractivity contribution >= 4 is 11.9 Å². The number of hydrogen-bond acceptors (Lipinski definition) is 4. The number of nitrogens with one attached hydrogen (secondary N) is 2. The zero-order valence-corrected chi connectivity index (χ0v) is 13.1. The molecule has 0 saturated carbocycles. The smallest absolute Gasteiger partial charge is 0.263 e. The third-order valence-corrected chi connectivity index (χ3v) is 3.75. The highest BCUT2D eigenvalue weighted by atomic mass is 16.5. The molecule has 6 heteroatoms. The first-order chi connectivity index (χ1) is 12.3. The molecule has 0 radical (unpaired) electrons. The minimum atomic E-state index is -0.339. The second-order valence-corrected chi connectivity index (χ2v) is 5.41. The molecule has 0 aliphatic heterocycles. The molecule has 0 aliphatic carbocycles. The Bertz CT molecular complexity index is 990. The Morgan fingerprint density at radius 1 is 0.960 bits per heavy atom. The van der Waals surface area contributed by atoms with E-state index in [1.165, 1.54) is 6.26 Å². The Labute approximate surface area is 143 Å². The minimum absolute atomic E-state index is 0.339. The van der Waals surface area contributed by atoms with Crippen molar-refractivity contribution in [2.45, 2.75) is 0 Å². The number of anilines is 1. The molecule has 0 bridgehead atoms. The highest BCUT2D eigenvalue weighted by molar-refractivity contribution is 6.07. The van der Waals surface area contributed by atoms with Crippen molar-refractivity contribution in [3.63, 3.8) is 0 Å². The lowest BCUT2D eigenvalue weighted by atomic mass is 10.1. The van der Waals surface area contributed by atoms with Gasteiger partial charge >= 0.3 is 0 Å². The number of benzene rings is 2. The summed E-state index contributed by atoms with van der Waals surface area (Å²) in [6.45, 7) is 0. The molecule has 4 rings (SSSR count). The van der Waals surface area contributed by atoms with E-state index in [0.29, 0.717) is 17.2 Å². The van der Waals surface area contributed by atoms with Crippen LogP contribution in [-0.4, -0.2) is 21.0 Å². The molecular weight excluding hydrogens is 316 g/mol. The summed E-state index contributed by atoms with van der Waals surface area (Å²) in [6.07, 6.45) is 3.01. The Kier molecular flexibility index (Phi) is 3.84. The van der Waals surface area contributed by atoms with Crippen molar-refractivity contribution in [1.82, 2.24) is 15.1 Å². The van der Waals surface area contributed by atoms with E-state index < -0.39 is 0 Å². The molecule has 1 amide bonds. The number of carbonyl (C=O) groups excluding carboxylic acids is 1. The van der Waals surface area contributed by atoms with Gasteiger partial charge in [-0.05, 0) is 5.56 Å². The number of rotatable bonds is 4. The Hall–Kier alpha value is -3.67. The van der Waals surface area contributed by atoms with Crippen molar-refractivity contribution in [1.29, 1.82) is 0 Å². The molecule has 0 fully saturated rings. The first kappa shape index (κ1) is 14.9. The number of H-pyrrole nitrogens is 1. The van der Waals surface area contributed by atoms with Crippen molar-refractivity contribution in [3.8, 4) is 22.5 Å². The van der Waals surface area contributed by atoms with Gasteiger partial charge in [0.25, 0.3) is 5.91 Å². The van der Waals surface area contributed by atoms with Crippen LogP contribution in [0.5, 0.6) is 0 Å². The van der Waals surface area contributed by atoms with Crippen LogP contribution in [0, 0.1) is 0 Å². The molecule has 2 N–H and O–H groups in total. The Morgan fingerprint density at radius 2 is 1.64 bits per heavy atom. The van der Waals surface area contributed by atoms with Crippen LogP contribution in [0.1, 0.15) is 10.4 Å². The summed E-state index contributed by atoms with van der Waals surface area (Å²) in [6, 6.07) is 19.2. The van der Waals surface area contributed by atoms with Crippen LogP contribution >= 0.6 is 0 Å². The quantitative estimate of drug-likeness (QED) is 0.593. The van der Waals surface area contributed by atoms with Crippen LogP contribution in [0.25, 0.3) is 22.5 Å². The number of nitrogens with zero attached hydrogens (tertiary/aromatic N) is 2. The number of aromatic nitrogens is 3. The first-order valence-electron chi connectivity index (χ1n) is 7.73. The predicted octanol–water partition coefficient (Wildman–Crippen LogP) is 3.98. The van der Waals surface area contributed by atoms with Gasteiger partial charge in [0.2, 0.25) is 5.95 Å². The third-order valence-electron chi connectivity index (χ3n) is 3.75. The van der Waals surface area contributed by atoms with Gasteiger partial charge in [0.05, 0.1) is 11.9 Å². The lowest BCUT2D eigenvalue weighted by molar-refractivity contribution is 0.102. The average molecular weight is 330 g/mol. The van der Waals surface area contributed by atoms with E-state index in [1.54, 1.807) is 6.20 Å². The van der Waals surface area contributed by atoms with E-state index in [2.05, 4.69) is 20.4 Å². The van der Waals surface area contributed by atoms with Crippen LogP contribution < -0.4 is 5.32 Å². The molecule has 0 aliphatic rings. The lowest BCUT2D eigenvalue weighted by Gasteiger charge is -2.02. The highest BCUT2D eigenvalue weighted by Gasteiger charge is 2.18. The average Bonchev–Trinajstić information content (AvgIpc) is 3.33. The van der Waals surface area contributed by atoms with E-state index >= 15 is 0 Å². The molecule has 0 atom stereocenters. The third kappa shape index (κ3) is 3.05. The summed E-state index contributed by atoms with van der Waals surface area (Å²) in [4.78, 5) is 19.8. The first-order valence-corrected chi connectivity index (χ1v) is 7.73. The van der Waals surface area contributed by atoms with Crippen LogP contribution in [0.4, 0.5) is 5.95 Å². The monoisotopic (exact) mass is 330 g/mol. The van der Waals surface area contributed by atoms with Crippen molar-refractivity contribution < 1.29 is 9.32 Å². The van der Waals surface area contributed by atoms with Gasteiger partial charge in [-0.15, -0.1) is 0 Å². The van der Waals surface area contributed by atoms with Gasteiger partial charge in [0, 0.05) is 5.56 Å². The van der Waals surface area contributed by atoms with Crippen molar-refractivity contribution in [2.24, 2.45) is 0 Å². The van der Waals surface area contributed by atoms with E-state index in [1.807, 2.05) is 60.7 Å². The second kappa shape index (κ2) is 6.45. The number of imidazole rings is 1. The minimum Gasteiger partial charge on any atom is -0.363 e. The molecular formula is C19H14N4O2. The zero-order chi connectivity index (χ0) is 17.1. The maximum Gasteiger partial charge on any atom is 0.263 e. The summed E-state index contributed by atoms with van der Waals surface area (Å²) in [5.74, 6) is 0.0260. The van der Waals surface area contributed by atoms with Gasteiger partial charge in [0.15, 0.2) is 0 Å². The number of amides is 1. The van der Waals surface area contributed by atoms with Crippen LogP contribution in [0.3, 0.4) is 0 Å². The summed E-state index contributed by atoms with van der Waals surface area (Å²) in [7, 11) is 0. The number of carbonyl (C=O) groups is 1. The summed E-state index contributed by atoms with van der Waals surface area (Å²) in [5, 5.41) is 6.67. The van der Waals surface area contributed by atoms with Crippen LogP contribution in [-0.2, 0) is 0 Å². The van der Waals surface area contributed by atoms with Gasteiger partial charge in [-0.2, -0.15) is 0 Å². The second-order valence-electron chi connectivity index (χ2n) is 5.41. The summed E-state index contributed by atoms with van der Waals surface area (Å²) in [5.41, 5.74) is 3.47. The molecule has 2 aromatic carbocycles. The normalized spacial score (nSPS) is 10.6. The van der Waals surface area contributed by atoms with E-state index in [4.69, 9.17) is 4.52 Å². The predicted molar refractivity (Wildman–Crippen MR) is 93.9 cm³/mol. The van der Waals surface area contributed by atoms with E-state index in [9.17, 15) is 4.79 Å².